The van der Waals surface area contributed by atoms with Crippen LogP contribution < -0.4 is 14.8 Å². The summed E-state index contributed by atoms with van der Waals surface area (Å²) in [5.41, 5.74) is 2.23. The highest BCUT2D eigenvalue weighted by Gasteiger charge is 2.12. The number of ether oxygens (including phenoxy) is 2. The molecule has 0 atom stereocenters. The van der Waals surface area contributed by atoms with Crippen LogP contribution in [0.3, 0.4) is 0 Å². The summed E-state index contributed by atoms with van der Waals surface area (Å²) in [6.07, 6.45) is 0.258. The lowest BCUT2D eigenvalue weighted by molar-refractivity contribution is -0.116. The number of rotatable bonds is 7. The first kappa shape index (κ1) is 17.5. The van der Waals surface area contributed by atoms with Crippen LogP contribution in [0.25, 0.3) is 0 Å². The summed E-state index contributed by atoms with van der Waals surface area (Å²) in [5, 5.41) is 2.76. The van der Waals surface area contributed by atoms with E-state index in [0.717, 1.165) is 5.56 Å². The number of hydrogen-bond acceptors (Lipinski definition) is 4. The van der Waals surface area contributed by atoms with E-state index in [2.05, 4.69) is 5.32 Å². The van der Waals surface area contributed by atoms with Crippen LogP contribution in [-0.4, -0.2) is 25.9 Å². The molecule has 0 unspecified atom stereocenters. The highest BCUT2D eigenvalue weighted by Crippen LogP contribution is 2.29. The third kappa shape index (κ3) is 4.59. The van der Waals surface area contributed by atoms with Gasteiger partial charge < -0.3 is 14.8 Å². The number of anilines is 1. The topological polar surface area (TPSA) is 64.6 Å². The minimum Gasteiger partial charge on any atom is -0.497 e. The quantitative estimate of drug-likeness (QED) is 0.789. The van der Waals surface area contributed by atoms with Gasteiger partial charge in [0.1, 0.15) is 11.5 Å². The molecular formula is C19H21NO4. The SMILES string of the molecule is COc1ccc(OC)c(NC(=O)CCC(=O)c2ccc(C)cc2)c1. The summed E-state index contributed by atoms with van der Waals surface area (Å²) in [7, 11) is 3.08. The van der Waals surface area contributed by atoms with Crippen molar-refractivity contribution >= 4 is 17.4 Å². The monoisotopic (exact) mass is 327 g/mol. The number of carbonyl (C=O) groups is 2. The molecule has 0 aliphatic rings. The van der Waals surface area contributed by atoms with E-state index in [1.54, 1.807) is 37.4 Å². The number of hydrogen-bond donors (Lipinski definition) is 1. The molecule has 0 fully saturated rings. The summed E-state index contributed by atoms with van der Waals surface area (Å²) >= 11 is 0. The predicted molar refractivity (Wildman–Crippen MR) is 92.9 cm³/mol. The zero-order chi connectivity index (χ0) is 17.5. The Morgan fingerprint density at radius 3 is 2.29 bits per heavy atom. The number of aryl methyl sites for hydroxylation is 1. The molecule has 0 heterocycles. The second kappa shape index (κ2) is 8.15. The molecule has 2 aromatic carbocycles. The first-order chi connectivity index (χ1) is 11.5. The van der Waals surface area contributed by atoms with Crippen LogP contribution >= 0.6 is 0 Å². The van der Waals surface area contributed by atoms with Crippen molar-refractivity contribution in [1.82, 2.24) is 0 Å². The van der Waals surface area contributed by atoms with Crippen LogP contribution in [0.4, 0.5) is 5.69 Å². The Morgan fingerprint density at radius 1 is 0.958 bits per heavy atom. The van der Waals surface area contributed by atoms with Crippen molar-refractivity contribution in [3.05, 3.63) is 53.6 Å². The Balaban J connectivity index is 1.96. The lowest BCUT2D eigenvalue weighted by Gasteiger charge is -2.11. The fraction of sp³-hybridized carbons (Fsp3) is 0.263. The average molecular weight is 327 g/mol. The van der Waals surface area contributed by atoms with E-state index in [4.69, 9.17) is 9.47 Å². The highest BCUT2D eigenvalue weighted by molar-refractivity contribution is 6.00. The zero-order valence-electron chi connectivity index (χ0n) is 14.1. The Hall–Kier alpha value is -2.82. The molecule has 2 rings (SSSR count). The molecule has 5 heteroatoms. The van der Waals surface area contributed by atoms with Crippen molar-refractivity contribution in [1.29, 1.82) is 0 Å². The van der Waals surface area contributed by atoms with E-state index < -0.39 is 0 Å². The van der Waals surface area contributed by atoms with Gasteiger partial charge in [-0.05, 0) is 19.1 Å². The van der Waals surface area contributed by atoms with Crippen LogP contribution in [0.2, 0.25) is 0 Å². The average Bonchev–Trinajstić information content (AvgIpc) is 2.60. The van der Waals surface area contributed by atoms with E-state index >= 15 is 0 Å². The second-order valence-electron chi connectivity index (χ2n) is 5.40. The van der Waals surface area contributed by atoms with Gasteiger partial charge in [0.25, 0.3) is 0 Å². The van der Waals surface area contributed by atoms with Crippen LogP contribution in [0.1, 0.15) is 28.8 Å². The van der Waals surface area contributed by atoms with E-state index in [1.165, 1.54) is 7.11 Å². The first-order valence-corrected chi connectivity index (χ1v) is 7.65. The number of Topliss-reactive ketones (excluding diaryl/α,β-unsaturated/α-hetero) is 1. The lowest BCUT2D eigenvalue weighted by atomic mass is 10.0. The van der Waals surface area contributed by atoms with Gasteiger partial charge in [0, 0.05) is 24.5 Å². The lowest BCUT2D eigenvalue weighted by Crippen LogP contribution is -2.14. The molecular weight excluding hydrogens is 306 g/mol. The first-order valence-electron chi connectivity index (χ1n) is 7.65. The fourth-order valence-corrected chi connectivity index (χ4v) is 2.24. The molecule has 126 valence electrons. The molecule has 24 heavy (non-hydrogen) atoms. The van der Waals surface area contributed by atoms with Gasteiger partial charge in [-0.1, -0.05) is 29.8 Å². The van der Waals surface area contributed by atoms with Crippen molar-refractivity contribution < 1.29 is 19.1 Å². The van der Waals surface area contributed by atoms with E-state index in [9.17, 15) is 9.59 Å². The van der Waals surface area contributed by atoms with Crippen molar-refractivity contribution in [2.24, 2.45) is 0 Å². The third-order valence-corrected chi connectivity index (χ3v) is 3.63. The number of ketones is 1. The van der Waals surface area contributed by atoms with Crippen molar-refractivity contribution in [2.75, 3.05) is 19.5 Å². The minimum absolute atomic E-state index is 0.0530. The second-order valence-corrected chi connectivity index (χ2v) is 5.40. The van der Waals surface area contributed by atoms with Gasteiger partial charge in [-0.25, -0.2) is 0 Å². The summed E-state index contributed by atoms with van der Waals surface area (Å²) in [6, 6.07) is 12.5. The summed E-state index contributed by atoms with van der Waals surface area (Å²) < 4.78 is 10.4. The molecule has 0 bridgehead atoms. The van der Waals surface area contributed by atoms with Gasteiger partial charge >= 0.3 is 0 Å². The molecule has 0 saturated carbocycles. The number of benzene rings is 2. The van der Waals surface area contributed by atoms with Crippen molar-refractivity contribution in [3.63, 3.8) is 0 Å². The van der Waals surface area contributed by atoms with Gasteiger partial charge in [-0.3, -0.25) is 9.59 Å². The van der Waals surface area contributed by atoms with Gasteiger partial charge in [0.15, 0.2) is 5.78 Å². The molecule has 2 aromatic rings. The molecule has 0 radical (unpaired) electrons. The third-order valence-electron chi connectivity index (χ3n) is 3.63. The minimum atomic E-state index is -0.248. The highest BCUT2D eigenvalue weighted by atomic mass is 16.5. The Bertz CT molecular complexity index is 723. The molecule has 1 amide bonds. The molecule has 0 spiro atoms. The molecule has 0 aliphatic carbocycles. The van der Waals surface area contributed by atoms with E-state index in [0.29, 0.717) is 22.7 Å². The van der Waals surface area contributed by atoms with E-state index in [1.807, 2.05) is 19.1 Å². The van der Waals surface area contributed by atoms with Crippen LogP contribution in [0, 0.1) is 6.92 Å². The number of nitrogens with one attached hydrogen (secondary N) is 1. The maximum Gasteiger partial charge on any atom is 0.224 e. The largest absolute Gasteiger partial charge is 0.497 e. The Kier molecular flexibility index (Phi) is 5.95. The van der Waals surface area contributed by atoms with Gasteiger partial charge in [0.2, 0.25) is 5.91 Å². The molecule has 0 saturated heterocycles. The summed E-state index contributed by atoms with van der Waals surface area (Å²) in [6.45, 7) is 1.96. The smallest absolute Gasteiger partial charge is 0.224 e. The predicted octanol–water partition coefficient (Wildman–Crippen LogP) is 3.61. The van der Waals surface area contributed by atoms with Crippen molar-refractivity contribution in [2.45, 2.75) is 19.8 Å². The normalized spacial score (nSPS) is 10.1. The Labute approximate surface area is 141 Å². The van der Waals surface area contributed by atoms with Gasteiger partial charge in [-0.2, -0.15) is 0 Å². The Morgan fingerprint density at radius 2 is 1.67 bits per heavy atom. The molecule has 1 N–H and O–H groups in total. The molecule has 5 nitrogen and oxygen atoms in total. The number of methoxy groups -OCH3 is 2. The summed E-state index contributed by atoms with van der Waals surface area (Å²) in [5.74, 6) is 0.848. The van der Waals surface area contributed by atoms with Crippen molar-refractivity contribution in [3.8, 4) is 11.5 Å². The van der Waals surface area contributed by atoms with E-state index in [-0.39, 0.29) is 24.5 Å². The van der Waals surface area contributed by atoms with Crippen LogP contribution in [-0.2, 0) is 4.79 Å². The van der Waals surface area contributed by atoms with Gasteiger partial charge in [0.05, 0.1) is 19.9 Å². The maximum absolute atomic E-state index is 12.1. The summed E-state index contributed by atoms with van der Waals surface area (Å²) in [4.78, 5) is 24.2. The number of amides is 1. The van der Waals surface area contributed by atoms with Crippen LogP contribution in [0.5, 0.6) is 11.5 Å². The van der Waals surface area contributed by atoms with Gasteiger partial charge in [-0.15, -0.1) is 0 Å². The maximum atomic E-state index is 12.1. The van der Waals surface area contributed by atoms with Crippen LogP contribution in [0.15, 0.2) is 42.5 Å². The zero-order valence-corrected chi connectivity index (χ0v) is 14.1. The molecule has 0 aliphatic heterocycles. The fourth-order valence-electron chi connectivity index (χ4n) is 2.24. The number of carbonyl (C=O) groups excluding carboxylic acids is 2. The standard InChI is InChI=1S/C19H21NO4/c1-13-4-6-14(7-5-13)17(21)9-11-19(22)20-16-12-15(23-2)8-10-18(16)24-3/h4-8,10,12H,9,11H2,1-3H3,(H,20,22). The molecule has 0 aromatic heterocycles.